The molecule has 6 heteroatoms. The van der Waals surface area contributed by atoms with Crippen LogP contribution < -0.4 is 4.90 Å². The maximum atomic E-state index is 11.1. The van der Waals surface area contributed by atoms with Crippen molar-refractivity contribution < 1.29 is 4.92 Å². The Morgan fingerprint density at radius 2 is 1.95 bits per heavy atom. The Kier molecular flexibility index (Phi) is 3.51. The van der Waals surface area contributed by atoms with Crippen LogP contribution in [0, 0.1) is 17.0 Å². The lowest BCUT2D eigenvalue weighted by atomic mass is 10.1. The Labute approximate surface area is 122 Å². The lowest BCUT2D eigenvalue weighted by Gasteiger charge is -2.22. The summed E-state index contributed by atoms with van der Waals surface area (Å²) < 4.78 is 0. The summed E-state index contributed by atoms with van der Waals surface area (Å²) in [5.74, 6) is 0.640. The van der Waals surface area contributed by atoms with Crippen molar-refractivity contribution in [2.45, 2.75) is 32.4 Å². The van der Waals surface area contributed by atoms with Crippen molar-refractivity contribution in [2.24, 2.45) is 0 Å². The molecule has 0 amide bonds. The first kappa shape index (κ1) is 13.5. The van der Waals surface area contributed by atoms with Crippen LogP contribution >= 0.6 is 0 Å². The molecule has 1 aromatic carbocycles. The standard InChI is InChI=1S/C15H16N4O2/c1-11-8-16-15(17-9-11)18(13-6-7-13)10-12-4-2-3-5-14(12)19(20)21/h2-5,8-9,13H,6-7,10H2,1H3. The van der Waals surface area contributed by atoms with E-state index in [9.17, 15) is 10.1 Å². The second kappa shape index (κ2) is 5.47. The fourth-order valence-corrected chi connectivity index (χ4v) is 2.29. The number of rotatable bonds is 5. The van der Waals surface area contributed by atoms with Gasteiger partial charge in [-0.15, -0.1) is 0 Å². The van der Waals surface area contributed by atoms with Gasteiger partial charge >= 0.3 is 0 Å². The molecule has 21 heavy (non-hydrogen) atoms. The first-order valence-electron chi connectivity index (χ1n) is 6.93. The van der Waals surface area contributed by atoms with Crippen molar-refractivity contribution in [3.63, 3.8) is 0 Å². The first-order chi connectivity index (χ1) is 10.1. The van der Waals surface area contributed by atoms with E-state index in [0.717, 1.165) is 18.4 Å². The van der Waals surface area contributed by atoms with Crippen molar-refractivity contribution in [1.29, 1.82) is 0 Å². The Morgan fingerprint density at radius 3 is 2.57 bits per heavy atom. The van der Waals surface area contributed by atoms with Gasteiger partial charge in [0, 0.05) is 30.1 Å². The van der Waals surface area contributed by atoms with E-state index in [1.54, 1.807) is 24.5 Å². The summed E-state index contributed by atoms with van der Waals surface area (Å²) in [5, 5.41) is 11.1. The highest BCUT2D eigenvalue weighted by atomic mass is 16.6. The zero-order valence-corrected chi connectivity index (χ0v) is 11.8. The minimum absolute atomic E-state index is 0.148. The number of aromatic nitrogens is 2. The van der Waals surface area contributed by atoms with Gasteiger partial charge in [-0.2, -0.15) is 0 Å². The number of hydrogen-bond donors (Lipinski definition) is 0. The summed E-state index contributed by atoms with van der Waals surface area (Å²) in [5.41, 5.74) is 1.84. The maximum absolute atomic E-state index is 11.1. The van der Waals surface area contributed by atoms with E-state index in [0.29, 0.717) is 24.1 Å². The fraction of sp³-hybridized carbons (Fsp3) is 0.333. The topological polar surface area (TPSA) is 72.2 Å². The van der Waals surface area contributed by atoms with Gasteiger partial charge in [0.15, 0.2) is 0 Å². The zero-order valence-electron chi connectivity index (χ0n) is 11.8. The number of aryl methyl sites for hydroxylation is 1. The van der Waals surface area contributed by atoms with Crippen LogP contribution in [-0.2, 0) is 6.54 Å². The lowest BCUT2D eigenvalue weighted by Crippen LogP contribution is -2.27. The van der Waals surface area contributed by atoms with Crippen LogP contribution in [0.15, 0.2) is 36.7 Å². The summed E-state index contributed by atoms with van der Waals surface area (Å²) in [6, 6.07) is 7.22. The van der Waals surface area contributed by atoms with Crippen molar-refractivity contribution >= 4 is 11.6 Å². The van der Waals surface area contributed by atoms with E-state index in [1.165, 1.54) is 6.07 Å². The van der Waals surface area contributed by atoms with Crippen LogP contribution in [0.2, 0.25) is 0 Å². The molecule has 1 aliphatic rings. The lowest BCUT2D eigenvalue weighted by molar-refractivity contribution is -0.385. The average molecular weight is 284 g/mol. The van der Waals surface area contributed by atoms with Gasteiger partial charge < -0.3 is 4.90 Å². The molecule has 1 aromatic heterocycles. The number of anilines is 1. The van der Waals surface area contributed by atoms with E-state index in [4.69, 9.17) is 0 Å². The van der Waals surface area contributed by atoms with Gasteiger partial charge in [0.25, 0.3) is 5.69 Å². The number of hydrogen-bond acceptors (Lipinski definition) is 5. The Morgan fingerprint density at radius 1 is 1.29 bits per heavy atom. The van der Waals surface area contributed by atoms with E-state index < -0.39 is 0 Å². The zero-order chi connectivity index (χ0) is 14.8. The molecule has 0 aliphatic heterocycles. The van der Waals surface area contributed by atoms with Gasteiger partial charge in [0.2, 0.25) is 5.95 Å². The molecule has 0 bridgehead atoms. The van der Waals surface area contributed by atoms with Gasteiger partial charge in [-0.3, -0.25) is 10.1 Å². The molecule has 1 heterocycles. The van der Waals surface area contributed by atoms with Crippen LogP contribution in [0.3, 0.4) is 0 Å². The van der Waals surface area contributed by atoms with Crippen LogP contribution in [-0.4, -0.2) is 20.9 Å². The number of para-hydroxylation sites is 1. The predicted octanol–water partition coefficient (Wildman–Crippen LogP) is 2.86. The number of nitro benzene ring substituents is 1. The van der Waals surface area contributed by atoms with E-state index >= 15 is 0 Å². The molecular formula is C15H16N4O2. The van der Waals surface area contributed by atoms with Crippen molar-refractivity contribution in [3.05, 3.63) is 57.9 Å². The minimum Gasteiger partial charge on any atom is -0.333 e. The van der Waals surface area contributed by atoms with Gasteiger partial charge in [0.05, 0.1) is 11.5 Å². The third-order valence-electron chi connectivity index (χ3n) is 3.54. The fourth-order valence-electron chi connectivity index (χ4n) is 2.29. The maximum Gasteiger partial charge on any atom is 0.274 e. The summed E-state index contributed by atoms with van der Waals surface area (Å²) in [6.07, 6.45) is 5.71. The minimum atomic E-state index is -0.337. The SMILES string of the molecule is Cc1cnc(N(Cc2ccccc2[N+](=O)[O-])C2CC2)nc1. The molecule has 3 rings (SSSR count). The quantitative estimate of drug-likeness (QED) is 0.623. The first-order valence-corrected chi connectivity index (χ1v) is 6.93. The highest BCUT2D eigenvalue weighted by molar-refractivity contribution is 5.44. The number of benzene rings is 1. The molecule has 0 atom stereocenters. The Bertz CT molecular complexity index is 653. The number of nitrogens with zero attached hydrogens (tertiary/aromatic N) is 4. The molecule has 0 N–H and O–H groups in total. The molecule has 0 spiro atoms. The molecule has 108 valence electrons. The molecule has 0 unspecified atom stereocenters. The summed E-state index contributed by atoms with van der Waals surface area (Å²) in [4.78, 5) is 21.6. The highest BCUT2D eigenvalue weighted by Crippen LogP contribution is 2.32. The Balaban J connectivity index is 1.90. The third kappa shape index (κ3) is 2.99. The molecular weight excluding hydrogens is 268 g/mol. The largest absolute Gasteiger partial charge is 0.333 e. The van der Waals surface area contributed by atoms with Gasteiger partial charge in [-0.1, -0.05) is 18.2 Å². The molecule has 1 saturated carbocycles. The van der Waals surface area contributed by atoms with Gasteiger partial charge in [0.1, 0.15) is 0 Å². The summed E-state index contributed by atoms with van der Waals surface area (Å²) in [6.45, 7) is 2.40. The molecule has 2 aromatic rings. The predicted molar refractivity (Wildman–Crippen MR) is 79.1 cm³/mol. The van der Waals surface area contributed by atoms with Crippen molar-refractivity contribution in [2.75, 3.05) is 4.90 Å². The van der Waals surface area contributed by atoms with Crippen molar-refractivity contribution in [1.82, 2.24) is 9.97 Å². The average Bonchev–Trinajstić information content (AvgIpc) is 3.31. The van der Waals surface area contributed by atoms with Gasteiger partial charge in [-0.25, -0.2) is 9.97 Å². The van der Waals surface area contributed by atoms with Crippen LogP contribution in [0.5, 0.6) is 0 Å². The summed E-state index contributed by atoms with van der Waals surface area (Å²) in [7, 11) is 0. The normalized spacial score (nSPS) is 14.0. The number of nitro groups is 1. The molecule has 1 aliphatic carbocycles. The van der Waals surface area contributed by atoms with Gasteiger partial charge in [-0.05, 0) is 25.3 Å². The van der Waals surface area contributed by atoms with Crippen LogP contribution in [0.25, 0.3) is 0 Å². The molecule has 6 nitrogen and oxygen atoms in total. The molecule has 0 radical (unpaired) electrons. The second-order valence-corrected chi connectivity index (χ2v) is 5.31. The molecule has 0 saturated heterocycles. The van der Waals surface area contributed by atoms with Crippen LogP contribution in [0.1, 0.15) is 24.0 Å². The third-order valence-corrected chi connectivity index (χ3v) is 3.54. The van der Waals surface area contributed by atoms with E-state index in [2.05, 4.69) is 14.9 Å². The highest BCUT2D eigenvalue weighted by Gasteiger charge is 2.32. The van der Waals surface area contributed by atoms with E-state index in [1.807, 2.05) is 13.0 Å². The smallest absolute Gasteiger partial charge is 0.274 e. The second-order valence-electron chi connectivity index (χ2n) is 5.31. The molecule has 1 fully saturated rings. The van der Waals surface area contributed by atoms with Crippen LogP contribution in [0.4, 0.5) is 11.6 Å². The summed E-state index contributed by atoms with van der Waals surface area (Å²) >= 11 is 0. The Hall–Kier alpha value is -2.50. The van der Waals surface area contributed by atoms with Crippen molar-refractivity contribution in [3.8, 4) is 0 Å². The monoisotopic (exact) mass is 284 g/mol. The van der Waals surface area contributed by atoms with E-state index in [-0.39, 0.29) is 10.6 Å².